The van der Waals surface area contributed by atoms with Crippen LogP contribution in [0.1, 0.15) is 59.3 Å². The third kappa shape index (κ3) is 2.03. The quantitative estimate of drug-likeness (QED) is 0.776. The van der Waals surface area contributed by atoms with E-state index in [2.05, 4.69) is 20.8 Å². The fourth-order valence-electron chi connectivity index (χ4n) is 7.91. The van der Waals surface area contributed by atoms with Crippen molar-refractivity contribution < 1.29 is 14.6 Å². The molecule has 9 atom stereocenters. The van der Waals surface area contributed by atoms with E-state index in [1.165, 1.54) is 31.3 Å². The molecule has 5 aliphatic rings. The van der Waals surface area contributed by atoms with Gasteiger partial charge >= 0.3 is 0 Å². The Morgan fingerprint density at radius 2 is 2.04 bits per heavy atom. The predicted octanol–water partition coefficient (Wildman–Crippen LogP) is 3.75. The number of fused-ring (bicyclic) bond motifs is 8. The van der Waals surface area contributed by atoms with Crippen molar-refractivity contribution >= 4 is 5.78 Å². The summed E-state index contributed by atoms with van der Waals surface area (Å²) in [4.78, 5) is 12.0. The summed E-state index contributed by atoms with van der Waals surface area (Å²) in [6, 6.07) is 0. The van der Waals surface area contributed by atoms with Crippen LogP contribution in [0.15, 0.2) is 11.6 Å². The van der Waals surface area contributed by atoms with Crippen LogP contribution in [-0.4, -0.2) is 29.7 Å². The topological polar surface area (TPSA) is 49.8 Å². The van der Waals surface area contributed by atoms with E-state index < -0.39 is 0 Å². The Hall–Kier alpha value is -0.670. The highest BCUT2D eigenvalue weighted by Crippen LogP contribution is 2.70. The van der Waals surface area contributed by atoms with Crippen LogP contribution < -0.4 is 0 Å². The van der Waals surface area contributed by atoms with Gasteiger partial charge < -0.3 is 9.84 Å². The summed E-state index contributed by atoms with van der Waals surface area (Å²) in [6.07, 6.45) is 9.38. The Labute approximate surface area is 151 Å². The van der Waals surface area contributed by atoms with E-state index in [-0.39, 0.29) is 11.5 Å². The molecule has 3 nitrogen and oxygen atoms in total. The first-order chi connectivity index (χ1) is 11.9. The zero-order valence-corrected chi connectivity index (χ0v) is 15.8. The highest BCUT2D eigenvalue weighted by atomic mass is 16.6. The summed E-state index contributed by atoms with van der Waals surface area (Å²) in [5, 5.41) is 9.75. The summed E-state index contributed by atoms with van der Waals surface area (Å²) in [5.74, 6) is 3.43. The van der Waals surface area contributed by atoms with E-state index in [9.17, 15) is 9.90 Å². The van der Waals surface area contributed by atoms with E-state index in [0.29, 0.717) is 54.0 Å². The number of hydrogen-bond donors (Lipinski definition) is 1. The lowest BCUT2D eigenvalue weighted by molar-refractivity contribution is -0.117. The lowest BCUT2D eigenvalue weighted by Gasteiger charge is -2.57. The molecule has 0 aromatic heterocycles. The van der Waals surface area contributed by atoms with Gasteiger partial charge in [0.1, 0.15) is 6.10 Å². The third-order valence-electron chi connectivity index (χ3n) is 9.28. The molecule has 1 saturated heterocycles. The van der Waals surface area contributed by atoms with Crippen LogP contribution in [0, 0.1) is 40.4 Å². The minimum atomic E-state index is 0.179. The number of ether oxygens (including phenoxy) is 1. The molecule has 5 rings (SSSR count). The molecule has 0 unspecified atom stereocenters. The van der Waals surface area contributed by atoms with E-state index in [1.54, 1.807) is 0 Å². The summed E-state index contributed by atoms with van der Waals surface area (Å²) in [6.45, 7) is 7.48. The SMILES string of the molecule is C[C@H](CO)[C@H]1CC[C@H]2[C@@H]3[C@H]4O[C@H]4C4=CC(=O)CC[C@]4(C)[C@H]3CC[C@]12C. The van der Waals surface area contributed by atoms with Crippen molar-refractivity contribution in [3.05, 3.63) is 11.6 Å². The first-order valence-electron chi connectivity index (χ1n) is 10.4. The average Bonchev–Trinajstić information content (AvgIpc) is 3.30. The van der Waals surface area contributed by atoms with Crippen LogP contribution in [0.3, 0.4) is 0 Å². The van der Waals surface area contributed by atoms with Crippen molar-refractivity contribution in [3.8, 4) is 0 Å². The van der Waals surface area contributed by atoms with Crippen molar-refractivity contribution in [2.45, 2.75) is 71.5 Å². The van der Waals surface area contributed by atoms with Crippen molar-refractivity contribution in [1.29, 1.82) is 0 Å². The second kappa shape index (κ2) is 5.19. The van der Waals surface area contributed by atoms with Crippen LogP contribution in [0.5, 0.6) is 0 Å². The molecule has 0 aromatic carbocycles. The maximum absolute atomic E-state index is 12.0. The Balaban J connectivity index is 1.51. The van der Waals surface area contributed by atoms with Crippen LogP contribution in [0.4, 0.5) is 0 Å². The van der Waals surface area contributed by atoms with Crippen molar-refractivity contribution in [2.75, 3.05) is 6.61 Å². The summed E-state index contributed by atoms with van der Waals surface area (Å²) in [5.41, 5.74) is 1.87. The molecule has 138 valence electrons. The van der Waals surface area contributed by atoms with Gasteiger partial charge in [0.25, 0.3) is 0 Å². The molecule has 0 aromatic rings. The van der Waals surface area contributed by atoms with Crippen LogP contribution >= 0.6 is 0 Å². The van der Waals surface area contributed by atoms with Crippen molar-refractivity contribution in [3.63, 3.8) is 0 Å². The molecule has 0 amide bonds. The van der Waals surface area contributed by atoms with E-state index >= 15 is 0 Å². The Morgan fingerprint density at radius 3 is 2.80 bits per heavy atom. The largest absolute Gasteiger partial charge is 0.396 e. The molecule has 0 bridgehead atoms. The van der Waals surface area contributed by atoms with Gasteiger partial charge in [0.15, 0.2) is 5.78 Å². The molecule has 0 spiro atoms. The Bertz CT molecular complexity index is 639. The van der Waals surface area contributed by atoms with E-state index in [4.69, 9.17) is 4.74 Å². The minimum Gasteiger partial charge on any atom is -0.396 e. The van der Waals surface area contributed by atoms with E-state index in [0.717, 1.165) is 12.3 Å². The van der Waals surface area contributed by atoms with Gasteiger partial charge in [-0.2, -0.15) is 0 Å². The summed E-state index contributed by atoms with van der Waals surface area (Å²) < 4.78 is 6.24. The number of carbonyl (C=O) groups is 1. The molecule has 1 heterocycles. The maximum Gasteiger partial charge on any atom is 0.155 e. The molecular formula is C22H32O3. The third-order valence-corrected chi connectivity index (χ3v) is 9.28. The average molecular weight is 344 g/mol. The monoisotopic (exact) mass is 344 g/mol. The van der Waals surface area contributed by atoms with Gasteiger partial charge in [0, 0.05) is 13.0 Å². The summed E-state index contributed by atoms with van der Waals surface area (Å²) in [7, 11) is 0. The minimum absolute atomic E-state index is 0.179. The smallest absolute Gasteiger partial charge is 0.155 e. The standard InChI is InChI=1S/C22H32O3/c1-12(11-23)14-4-5-15-18-16(7-9-21(14,15)2)22(3)8-6-13(24)10-17(22)19-20(18)25-19/h10,12,14-16,18-20,23H,4-9,11H2,1-3H3/t12-,14-,15+,16+,18+,19+,20-,21-,22-/m1/s1. The fourth-order valence-corrected chi connectivity index (χ4v) is 7.91. The zero-order valence-electron chi connectivity index (χ0n) is 15.8. The van der Waals surface area contributed by atoms with Crippen LogP contribution in [-0.2, 0) is 9.53 Å². The molecule has 4 aliphatic carbocycles. The van der Waals surface area contributed by atoms with Crippen LogP contribution in [0.2, 0.25) is 0 Å². The second-order valence-electron chi connectivity index (χ2n) is 10.2. The van der Waals surface area contributed by atoms with Gasteiger partial charge in [0.2, 0.25) is 0 Å². The highest BCUT2D eigenvalue weighted by molar-refractivity contribution is 5.92. The predicted molar refractivity (Wildman–Crippen MR) is 95.9 cm³/mol. The molecule has 3 heteroatoms. The zero-order chi connectivity index (χ0) is 17.6. The highest BCUT2D eigenvalue weighted by Gasteiger charge is 2.69. The lowest BCUT2D eigenvalue weighted by Crippen LogP contribution is -2.53. The molecule has 1 N–H and O–H groups in total. The molecule has 0 radical (unpaired) electrons. The molecule has 4 fully saturated rings. The Morgan fingerprint density at radius 1 is 1.24 bits per heavy atom. The van der Waals surface area contributed by atoms with Crippen molar-refractivity contribution in [2.24, 2.45) is 40.4 Å². The first kappa shape index (κ1) is 16.5. The molecule has 3 saturated carbocycles. The Kier molecular flexibility index (Phi) is 3.43. The van der Waals surface area contributed by atoms with Gasteiger partial charge in [-0.3, -0.25) is 4.79 Å². The van der Waals surface area contributed by atoms with Gasteiger partial charge in [0.05, 0.1) is 6.10 Å². The van der Waals surface area contributed by atoms with Gasteiger partial charge in [-0.15, -0.1) is 0 Å². The van der Waals surface area contributed by atoms with Gasteiger partial charge in [-0.25, -0.2) is 0 Å². The van der Waals surface area contributed by atoms with Crippen LogP contribution in [0.25, 0.3) is 0 Å². The molecular weight excluding hydrogens is 312 g/mol. The number of ketones is 1. The number of aliphatic hydroxyl groups is 1. The van der Waals surface area contributed by atoms with Gasteiger partial charge in [-0.05, 0) is 84.2 Å². The first-order valence-corrected chi connectivity index (χ1v) is 10.4. The number of hydrogen-bond acceptors (Lipinski definition) is 3. The number of carbonyl (C=O) groups excluding carboxylic acids is 1. The molecule has 25 heavy (non-hydrogen) atoms. The van der Waals surface area contributed by atoms with Crippen molar-refractivity contribution in [1.82, 2.24) is 0 Å². The fraction of sp³-hybridized carbons (Fsp3) is 0.864. The number of rotatable bonds is 2. The second-order valence-corrected chi connectivity index (χ2v) is 10.2. The molecule has 1 aliphatic heterocycles. The van der Waals surface area contributed by atoms with Gasteiger partial charge in [-0.1, -0.05) is 20.8 Å². The lowest BCUT2D eigenvalue weighted by atomic mass is 9.46. The maximum atomic E-state index is 12.0. The number of aliphatic hydroxyl groups excluding tert-OH is 1. The van der Waals surface area contributed by atoms with E-state index in [1.807, 2.05) is 6.08 Å². The normalized spacial score (nSPS) is 54.7. The summed E-state index contributed by atoms with van der Waals surface area (Å²) >= 11 is 0. The number of epoxide rings is 1.